The minimum atomic E-state index is -0.518. The van der Waals surface area contributed by atoms with Crippen LogP contribution in [0.25, 0.3) is 0 Å². The van der Waals surface area contributed by atoms with Gasteiger partial charge in [-0.15, -0.1) is 0 Å². The average molecular weight is 173 g/mol. The Morgan fingerprint density at radius 2 is 2.50 bits per heavy atom. The lowest BCUT2D eigenvalue weighted by Gasteiger charge is -2.12. The van der Waals surface area contributed by atoms with Crippen molar-refractivity contribution in [3.8, 4) is 0 Å². The summed E-state index contributed by atoms with van der Waals surface area (Å²) in [5.74, 6) is 0. The van der Waals surface area contributed by atoms with Crippen molar-refractivity contribution < 1.29 is 14.6 Å². The van der Waals surface area contributed by atoms with Crippen LogP contribution in [-0.2, 0) is 4.74 Å². The van der Waals surface area contributed by atoms with Gasteiger partial charge in [-0.25, -0.2) is 4.79 Å². The Labute approximate surface area is 72.2 Å². The molecule has 0 heterocycles. The number of aliphatic hydroxyl groups is 1. The Morgan fingerprint density at radius 1 is 1.83 bits per heavy atom. The minimum absolute atomic E-state index is 0.0698. The molecule has 0 radical (unpaired) electrons. The van der Waals surface area contributed by atoms with E-state index in [9.17, 15) is 4.79 Å². The fourth-order valence-corrected chi connectivity index (χ4v) is 0.620. The van der Waals surface area contributed by atoms with Crippen LogP contribution in [0.4, 0.5) is 4.79 Å². The Bertz CT molecular complexity index is 143. The third kappa shape index (κ3) is 4.73. The van der Waals surface area contributed by atoms with Gasteiger partial charge < -0.3 is 15.2 Å². The molecule has 12 heavy (non-hydrogen) atoms. The molecule has 0 spiro atoms. The van der Waals surface area contributed by atoms with E-state index in [2.05, 4.69) is 16.6 Å². The largest absolute Gasteiger partial charge is 0.445 e. The van der Waals surface area contributed by atoms with Gasteiger partial charge in [0.2, 0.25) is 0 Å². The lowest BCUT2D eigenvalue weighted by Crippen LogP contribution is -2.37. The summed E-state index contributed by atoms with van der Waals surface area (Å²) in [6.07, 6.45) is 1.65. The highest BCUT2D eigenvalue weighted by Gasteiger charge is 2.08. The van der Waals surface area contributed by atoms with Gasteiger partial charge in [0.15, 0.2) is 0 Å². The second kappa shape index (κ2) is 6.67. The van der Waals surface area contributed by atoms with Crippen molar-refractivity contribution in [3.63, 3.8) is 0 Å². The van der Waals surface area contributed by atoms with Crippen LogP contribution in [0.5, 0.6) is 0 Å². The van der Waals surface area contributed by atoms with Gasteiger partial charge in [0.05, 0.1) is 12.6 Å². The van der Waals surface area contributed by atoms with Crippen LogP contribution in [0.15, 0.2) is 12.7 Å². The molecule has 1 amide bonds. The summed E-state index contributed by atoms with van der Waals surface area (Å²) in [6.45, 7) is 5.39. The quantitative estimate of drug-likeness (QED) is 0.601. The first kappa shape index (κ1) is 11.0. The molecular formula is C8H15NO3. The first-order valence-corrected chi connectivity index (χ1v) is 3.89. The zero-order valence-electron chi connectivity index (χ0n) is 7.25. The first-order chi connectivity index (χ1) is 5.74. The predicted octanol–water partition coefficient (Wildman–Crippen LogP) is 0.669. The highest BCUT2D eigenvalue weighted by Crippen LogP contribution is 1.89. The summed E-state index contributed by atoms with van der Waals surface area (Å²) in [6, 6.07) is -0.220. The van der Waals surface area contributed by atoms with E-state index in [1.807, 2.05) is 6.92 Å². The third-order valence-corrected chi connectivity index (χ3v) is 1.37. The second-order valence-electron chi connectivity index (χ2n) is 2.32. The molecule has 1 atom stereocenters. The molecule has 0 bridgehead atoms. The molecule has 0 aromatic heterocycles. The number of hydrogen-bond donors (Lipinski definition) is 2. The van der Waals surface area contributed by atoms with Gasteiger partial charge in [-0.05, 0) is 6.42 Å². The molecule has 0 rings (SSSR count). The lowest BCUT2D eigenvalue weighted by molar-refractivity contribution is 0.145. The van der Waals surface area contributed by atoms with Crippen molar-refractivity contribution in [1.82, 2.24) is 5.32 Å². The molecule has 1 unspecified atom stereocenters. The fourth-order valence-electron chi connectivity index (χ4n) is 0.620. The van der Waals surface area contributed by atoms with Gasteiger partial charge in [0.1, 0.15) is 6.61 Å². The highest BCUT2D eigenvalue weighted by molar-refractivity contribution is 5.67. The topological polar surface area (TPSA) is 58.6 Å². The monoisotopic (exact) mass is 173 g/mol. The SMILES string of the molecule is C=CCOC(=O)NC(CC)CO. The Hall–Kier alpha value is -1.03. The van der Waals surface area contributed by atoms with Crippen molar-refractivity contribution in [2.75, 3.05) is 13.2 Å². The summed E-state index contributed by atoms with van der Waals surface area (Å²) < 4.78 is 4.65. The number of rotatable bonds is 5. The van der Waals surface area contributed by atoms with E-state index < -0.39 is 6.09 Å². The molecule has 0 saturated carbocycles. The van der Waals surface area contributed by atoms with Crippen molar-refractivity contribution in [2.45, 2.75) is 19.4 Å². The summed E-state index contributed by atoms with van der Waals surface area (Å²) in [7, 11) is 0. The molecule has 2 N–H and O–H groups in total. The molecule has 0 aliphatic rings. The maximum Gasteiger partial charge on any atom is 0.407 e. The van der Waals surface area contributed by atoms with Crippen LogP contribution in [0.2, 0.25) is 0 Å². The molecule has 0 aliphatic heterocycles. The molecule has 4 nitrogen and oxygen atoms in total. The van der Waals surface area contributed by atoms with Gasteiger partial charge in [0, 0.05) is 0 Å². The second-order valence-corrected chi connectivity index (χ2v) is 2.32. The molecule has 70 valence electrons. The smallest absolute Gasteiger partial charge is 0.407 e. The molecule has 0 aromatic carbocycles. The summed E-state index contributed by atoms with van der Waals surface area (Å²) >= 11 is 0. The minimum Gasteiger partial charge on any atom is -0.445 e. The van der Waals surface area contributed by atoms with Gasteiger partial charge in [-0.1, -0.05) is 19.6 Å². The average Bonchev–Trinajstić information content (AvgIpc) is 2.10. The van der Waals surface area contributed by atoms with E-state index >= 15 is 0 Å². The normalized spacial score (nSPS) is 11.8. The van der Waals surface area contributed by atoms with Crippen LogP contribution < -0.4 is 5.32 Å². The van der Waals surface area contributed by atoms with Crippen molar-refractivity contribution in [2.24, 2.45) is 0 Å². The van der Waals surface area contributed by atoms with E-state index in [1.54, 1.807) is 0 Å². The van der Waals surface area contributed by atoms with Gasteiger partial charge in [-0.2, -0.15) is 0 Å². The van der Waals surface area contributed by atoms with E-state index in [-0.39, 0.29) is 19.3 Å². The number of carbonyl (C=O) groups excluding carboxylic acids is 1. The Morgan fingerprint density at radius 3 is 2.92 bits per heavy atom. The summed E-state index contributed by atoms with van der Waals surface area (Å²) in [5.41, 5.74) is 0. The molecule has 4 heteroatoms. The fraction of sp³-hybridized carbons (Fsp3) is 0.625. The standard InChI is InChI=1S/C8H15NO3/c1-3-5-12-8(11)9-7(4-2)6-10/h3,7,10H,1,4-6H2,2H3,(H,9,11). The predicted molar refractivity (Wildman–Crippen MR) is 45.8 cm³/mol. The number of alkyl carbamates (subject to hydrolysis) is 1. The van der Waals surface area contributed by atoms with Gasteiger partial charge in [0.25, 0.3) is 0 Å². The van der Waals surface area contributed by atoms with E-state index in [0.717, 1.165) is 0 Å². The maximum atomic E-state index is 10.8. The number of carbonyl (C=O) groups is 1. The molecule has 0 aromatic rings. The lowest BCUT2D eigenvalue weighted by atomic mass is 10.2. The van der Waals surface area contributed by atoms with E-state index in [0.29, 0.717) is 6.42 Å². The van der Waals surface area contributed by atoms with Gasteiger partial charge in [-0.3, -0.25) is 0 Å². The first-order valence-electron chi connectivity index (χ1n) is 3.89. The van der Waals surface area contributed by atoms with Crippen molar-refractivity contribution in [1.29, 1.82) is 0 Å². The van der Waals surface area contributed by atoms with Crippen LogP contribution in [0.3, 0.4) is 0 Å². The van der Waals surface area contributed by atoms with Crippen LogP contribution >= 0.6 is 0 Å². The van der Waals surface area contributed by atoms with E-state index in [1.165, 1.54) is 6.08 Å². The zero-order chi connectivity index (χ0) is 9.40. The summed E-state index contributed by atoms with van der Waals surface area (Å²) in [5, 5.41) is 11.2. The number of hydrogen-bond acceptors (Lipinski definition) is 3. The van der Waals surface area contributed by atoms with E-state index in [4.69, 9.17) is 5.11 Å². The Balaban J connectivity index is 3.58. The molecule has 0 saturated heterocycles. The molecular weight excluding hydrogens is 158 g/mol. The molecule has 0 fully saturated rings. The third-order valence-electron chi connectivity index (χ3n) is 1.37. The van der Waals surface area contributed by atoms with Crippen molar-refractivity contribution in [3.05, 3.63) is 12.7 Å². The van der Waals surface area contributed by atoms with Crippen LogP contribution in [-0.4, -0.2) is 30.5 Å². The number of ether oxygens (including phenoxy) is 1. The van der Waals surface area contributed by atoms with Crippen molar-refractivity contribution >= 4 is 6.09 Å². The maximum absolute atomic E-state index is 10.8. The van der Waals surface area contributed by atoms with Crippen LogP contribution in [0, 0.1) is 0 Å². The number of amides is 1. The summed E-state index contributed by atoms with van der Waals surface area (Å²) in [4.78, 5) is 10.8. The highest BCUT2D eigenvalue weighted by atomic mass is 16.5. The number of aliphatic hydroxyl groups excluding tert-OH is 1. The zero-order valence-corrected chi connectivity index (χ0v) is 7.25. The van der Waals surface area contributed by atoms with Crippen LogP contribution in [0.1, 0.15) is 13.3 Å². The Kier molecular flexibility index (Phi) is 6.09. The number of nitrogens with one attached hydrogen (secondary N) is 1. The van der Waals surface area contributed by atoms with Gasteiger partial charge >= 0.3 is 6.09 Å². The molecule has 0 aliphatic carbocycles.